The van der Waals surface area contributed by atoms with Crippen molar-refractivity contribution in [2.24, 2.45) is 0 Å². The summed E-state index contributed by atoms with van der Waals surface area (Å²) in [6.07, 6.45) is 0. The van der Waals surface area contributed by atoms with Gasteiger partial charge in [-0.3, -0.25) is 0 Å². The highest BCUT2D eigenvalue weighted by Crippen LogP contribution is 2.20. The molecule has 0 aliphatic rings. The van der Waals surface area contributed by atoms with Gasteiger partial charge >= 0.3 is 0 Å². The molecule has 3 heteroatoms. The predicted octanol–water partition coefficient (Wildman–Crippen LogP) is 2.52. The van der Waals surface area contributed by atoms with Crippen LogP contribution in [0.4, 0.5) is 4.39 Å². The Kier molecular flexibility index (Phi) is 2.73. The van der Waals surface area contributed by atoms with Gasteiger partial charge in [-0.1, -0.05) is 0 Å². The van der Waals surface area contributed by atoms with Crippen molar-refractivity contribution in [1.82, 2.24) is 9.88 Å². The SMILES string of the molecule is CCn1c(CNC)cc2ccc(F)cc21. The lowest BCUT2D eigenvalue weighted by Crippen LogP contribution is -2.10. The van der Waals surface area contributed by atoms with Crippen molar-refractivity contribution in [2.45, 2.75) is 20.0 Å². The highest BCUT2D eigenvalue weighted by Gasteiger charge is 2.07. The van der Waals surface area contributed by atoms with Crippen molar-refractivity contribution in [3.05, 3.63) is 35.8 Å². The Bertz CT molecular complexity index is 474. The first-order chi connectivity index (χ1) is 7.26. The Morgan fingerprint density at radius 3 is 2.80 bits per heavy atom. The van der Waals surface area contributed by atoms with Gasteiger partial charge in [0.1, 0.15) is 5.82 Å². The lowest BCUT2D eigenvalue weighted by atomic mass is 10.2. The molecule has 2 nitrogen and oxygen atoms in total. The van der Waals surface area contributed by atoms with Crippen LogP contribution in [0, 0.1) is 5.82 Å². The molecule has 0 amide bonds. The number of nitrogens with zero attached hydrogens (tertiary/aromatic N) is 1. The number of hydrogen-bond acceptors (Lipinski definition) is 1. The van der Waals surface area contributed by atoms with Gasteiger partial charge in [0.15, 0.2) is 0 Å². The molecule has 1 N–H and O–H groups in total. The van der Waals surface area contributed by atoms with Gasteiger partial charge in [0.25, 0.3) is 0 Å². The predicted molar refractivity (Wildman–Crippen MR) is 60.3 cm³/mol. The summed E-state index contributed by atoms with van der Waals surface area (Å²) in [6.45, 7) is 3.75. The number of hydrogen-bond donors (Lipinski definition) is 1. The second-order valence-electron chi connectivity index (χ2n) is 3.61. The van der Waals surface area contributed by atoms with Crippen molar-refractivity contribution < 1.29 is 4.39 Å². The molecule has 0 unspecified atom stereocenters. The van der Waals surface area contributed by atoms with E-state index < -0.39 is 0 Å². The zero-order chi connectivity index (χ0) is 10.8. The van der Waals surface area contributed by atoms with Crippen molar-refractivity contribution in [3.63, 3.8) is 0 Å². The van der Waals surface area contributed by atoms with Crippen LogP contribution in [-0.4, -0.2) is 11.6 Å². The Morgan fingerprint density at radius 1 is 1.33 bits per heavy atom. The molecule has 1 aromatic carbocycles. The molecule has 0 spiro atoms. The second kappa shape index (κ2) is 4.03. The van der Waals surface area contributed by atoms with Gasteiger partial charge in [0.2, 0.25) is 0 Å². The number of nitrogens with one attached hydrogen (secondary N) is 1. The first-order valence-corrected chi connectivity index (χ1v) is 5.18. The van der Waals surface area contributed by atoms with E-state index in [0.717, 1.165) is 24.0 Å². The van der Waals surface area contributed by atoms with E-state index in [-0.39, 0.29) is 5.82 Å². The van der Waals surface area contributed by atoms with Gasteiger partial charge in [0.05, 0.1) is 5.52 Å². The Hall–Kier alpha value is -1.35. The summed E-state index contributed by atoms with van der Waals surface area (Å²) < 4.78 is 15.3. The largest absolute Gasteiger partial charge is 0.344 e. The van der Waals surface area contributed by atoms with E-state index in [1.165, 1.54) is 11.8 Å². The van der Waals surface area contributed by atoms with Gasteiger partial charge in [-0.2, -0.15) is 0 Å². The number of halogens is 1. The smallest absolute Gasteiger partial charge is 0.125 e. The molecule has 0 saturated carbocycles. The molecule has 0 radical (unpaired) electrons. The summed E-state index contributed by atoms with van der Waals surface area (Å²) in [5.74, 6) is -0.175. The Balaban J connectivity index is 2.63. The Morgan fingerprint density at radius 2 is 2.13 bits per heavy atom. The summed E-state index contributed by atoms with van der Waals surface area (Å²) in [6, 6.07) is 7.04. The molecule has 0 atom stereocenters. The van der Waals surface area contributed by atoms with Crippen LogP contribution in [0.25, 0.3) is 10.9 Å². The topological polar surface area (TPSA) is 17.0 Å². The minimum atomic E-state index is -0.175. The number of rotatable bonds is 3. The normalized spacial score (nSPS) is 11.1. The summed E-state index contributed by atoms with van der Waals surface area (Å²) in [5.41, 5.74) is 2.17. The van der Waals surface area contributed by atoms with Crippen molar-refractivity contribution in [2.75, 3.05) is 7.05 Å². The minimum Gasteiger partial charge on any atom is -0.344 e. The van der Waals surface area contributed by atoms with Crippen LogP contribution in [0.2, 0.25) is 0 Å². The summed E-state index contributed by atoms with van der Waals surface area (Å²) in [5, 5.41) is 4.22. The maximum absolute atomic E-state index is 13.1. The third-order valence-corrected chi connectivity index (χ3v) is 2.63. The van der Waals surface area contributed by atoms with Crippen LogP contribution in [-0.2, 0) is 13.1 Å². The van der Waals surface area contributed by atoms with Crippen LogP contribution >= 0.6 is 0 Å². The molecule has 0 aliphatic heterocycles. The van der Waals surface area contributed by atoms with Crippen molar-refractivity contribution >= 4 is 10.9 Å². The standard InChI is InChI=1S/C12H15FN2/c1-3-15-11(8-14-2)6-9-4-5-10(13)7-12(9)15/h4-7,14H,3,8H2,1-2H3. The van der Waals surface area contributed by atoms with E-state index in [9.17, 15) is 4.39 Å². The van der Waals surface area contributed by atoms with Crippen LogP contribution in [0.15, 0.2) is 24.3 Å². The minimum absolute atomic E-state index is 0.175. The number of aryl methyl sites for hydroxylation is 1. The van der Waals surface area contributed by atoms with Crippen LogP contribution in [0.5, 0.6) is 0 Å². The van der Waals surface area contributed by atoms with E-state index in [2.05, 4.69) is 22.9 Å². The van der Waals surface area contributed by atoms with Crippen LogP contribution < -0.4 is 5.32 Å². The number of benzene rings is 1. The molecule has 0 fully saturated rings. The molecule has 2 rings (SSSR count). The van der Waals surface area contributed by atoms with Crippen LogP contribution in [0.1, 0.15) is 12.6 Å². The highest BCUT2D eigenvalue weighted by atomic mass is 19.1. The molecule has 0 saturated heterocycles. The van der Waals surface area contributed by atoms with Gasteiger partial charge in [-0.15, -0.1) is 0 Å². The lowest BCUT2D eigenvalue weighted by molar-refractivity contribution is 0.627. The van der Waals surface area contributed by atoms with E-state index in [1.807, 2.05) is 13.1 Å². The maximum Gasteiger partial charge on any atom is 0.125 e. The molecule has 0 bridgehead atoms. The molecular formula is C12H15FN2. The van der Waals surface area contributed by atoms with E-state index >= 15 is 0 Å². The number of fused-ring (bicyclic) bond motifs is 1. The first-order valence-electron chi connectivity index (χ1n) is 5.18. The average Bonchev–Trinajstić information content (AvgIpc) is 2.55. The fraction of sp³-hybridized carbons (Fsp3) is 0.333. The molecule has 15 heavy (non-hydrogen) atoms. The van der Waals surface area contributed by atoms with E-state index in [1.54, 1.807) is 6.07 Å². The van der Waals surface area contributed by atoms with Gasteiger partial charge < -0.3 is 9.88 Å². The van der Waals surface area contributed by atoms with E-state index in [4.69, 9.17) is 0 Å². The molecule has 1 heterocycles. The monoisotopic (exact) mass is 206 g/mol. The maximum atomic E-state index is 13.1. The fourth-order valence-electron chi connectivity index (χ4n) is 1.99. The first kappa shape index (κ1) is 10.2. The molecule has 2 aromatic rings. The summed E-state index contributed by atoms with van der Waals surface area (Å²) in [7, 11) is 1.91. The highest BCUT2D eigenvalue weighted by molar-refractivity contribution is 5.81. The van der Waals surface area contributed by atoms with Crippen LogP contribution in [0.3, 0.4) is 0 Å². The van der Waals surface area contributed by atoms with Crippen molar-refractivity contribution in [1.29, 1.82) is 0 Å². The summed E-state index contributed by atoms with van der Waals surface area (Å²) >= 11 is 0. The fourth-order valence-corrected chi connectivity index (χ4v) is 1.99. The quantitative estimate of drug-likeness (QED) is 0.816. The third kappa shape index (κ3) is 1.75. The van der Waals surface area contributed by atoms with Crippen molar-refractivity contribution in [3.8, 4) is 0 Å². The third-order valence-electron chi connectivity index (χ3n) is 2.63. The van der Waals surface area contributed by atoms with Gasteiger partial charge in [-0.05, 0) is 38.2 Å². The lowest BCUT2D eigenvalue weighted by Gasteiger charge is -2.06. The molecule has 0 aliphatic carbocycles. The molecular weight excluding hydrogens is 191 g/mol. The zero-order valence-corrected chi connectivity index (χ0v) is 9.05. The Labute approximate surface area is 88.7 Å². The molecule has 80 valence electrons. The number of aromatic nitrogens is 1. The second-order valence-corrected chi connectivity index (χ2v) is 3.61. The average molecular weight is 206 g/mol. The summed E-state index contributed by atoms with van der Waals surface area (Å²) in [4.78, 5) is 0. The zero-order valence-electron chi connectivity index (χ0n) is 9.05. The molecule has 1 aromatic heterocycles. The van der Waals surface area contributed by atoms with Gasteiger partial charge in [-0.25, -0.2) is 4.39 Å². The van der Waals surface area contributed by atoms with Gasteiger partial charge in [0, 0.05) is 24.2 Å². The van der Waals surface area contributed by atoms with E-state index in [0.29, 0.717) is 0 Å².